The van der Waals surface area contributed by atoms with Crippen molar-refractivity contribution in [3.05, 3.63) is 17.5 Å². The van der Waals surface area contributed by atoms with Gasteiger partial charge in [-0.05, 0) is 0 Å². The fourth-order valence-electron chi connectivity index (χ4n) is 1.13. The molecule has 0 saturated carbocycles. The number of carboxylic acid groups (broad SMARTS) is 1. The molecule has 0 fully saturated rings. The molecule has 0 radical (unpaired) electrons. The number of anilines is 2. The van der Waals surface area contributed by atoms with Crippen LogP contribution in [0.4, 0.5) is 20.2 Å². The molecule has 1 aromatic heterocycles. The van der Waals surface area contributed by atoms with Gasteiger partial charge in [0.25, 0.3) is 6.43 Å². The van der Waals surface area contributed by atoms with Gasteiger partial charge in [-0.15, -0.1) is 0 Å². The second-order valence-electron chi connectivity index (χ2n) is 2.86. The number of aliphatic carboxylic acids is 1. The molecule has 0 amide bonds. The van der Waals surface area contributed by atoms with Crippen LogP contribution >= 0.6 is 0 Å². The minimum Gasteiger partial charge on any atom is -0.481 e. The number of hydrogen-bond donors (Lipinski definition) is 3. The smallest absolute Gasteiger partial charge is 0.309 e. The molecule has 1 heterocycles. The molecule has 7 heteroatoms. The Hall–Kier alpha value is -1.92. The SMILES string of the molecule is Nc1cnc(CC(=O)O)c(N)c1C(F)F. The summed E-state index contributed by atoms with van der Waals surface area (Å²) < 4.78 is 24.9. The molecule has 82 valence electrons. The second kappa shape index (κ2) is 4.07. The number of hydrogen-bond acceptors (Lipinski definition) is 4. The molecule has 0 spiro atoms. The van der Waals surface area contributed by atoms with Gasteiger partial charge in [0.1, 0.15) is 0 Å². The quantitative estimate of drug-likeness (QED) is 0.695. The Morgan fingerprint density at radius 1 is 1.53 bits per heavy atom. The van der Waals surface area contributed by atoms with Gasteiger partial charge < -0.3 is 16.6 Å². The number of nitrogens with two attached hydrogens (primary N) is 2. The third kappa shape index (κ3) is 2.30. The first-order valence-corrected chi connectivity index (χ1v) is 3.96. The van der Waals surface area contributed by atoms with Gasteiger partial charge >= 0.3 is 5.97 Å². The number of halogens is 2. The van der Waals surface area contributed by atoms with Crippen molar-refractivity contribution in [1.29, 1.82) is 0 Å². The van der Waals surface area contributed by atoms with Crippen molar-refractivity contribution >= 4 is 17.3 Å². The molecule has 0 aliphatic carbocycles. The van der Waals surface area contributed by atoms with Crippen LogP contribution in [0.1, 0.15) is 17.7 Å². The highest BCUT2D eigenvalue weighted by molar-refractivity contribution is 5.74. The fourth-order valence-corrected chi connectivity index (χ4v) is 1.13. The Morgan fingerprint density at radius 3 is 2.60 bits per heavy atom. The summed E-state index contributed by atoms with van der Waals surface area (Å²) in [6, 6.07) is 0. The molecule has 5 nitrogen and oxygen atoms in total. The fraction of sp³-hybridized carbons (Fsp3) is 0.250. The van der Waals surface area contributed by atoms with E-state index in [9.17, 15) is 13.6 Å². The van der Waals surface area contributed by atoms with E-state index in [4.69, 9.17) is 16.6 Å². The molecule has 1 aromatic rings. The molecule has 0 unspecified atom stereocenters. The summed E-state index contributed by atoms with van der Waals surface area (Å²) in [5.41, 5.74) is 9.35. The lowest BCUT2D eigenvalue weighted by Gasteiger charge is -2.10. The molecule has 0 saturated heterocycles. The van der Waals surface area contributed by atoms with Gasteiger partial charge in [0, 0.05) is 0 Å². The summed E-state index contributed by atoms with van der Waals surface area (Å²) in [4.78, 5) is 14.0. The zero-order chi connectivity index (χ0) is 11.6. The van der Waals surface area contributed by atoms with E-state index >= 15 is 0 Å². The Bertz CT molecular complexity index is 396. The highest BCUT2D eigenvalue weighted by Crippen LogP contribution is 2.31. The average molecular weight is 217 g/mol. The van der Waals surface area contributed by atoms with Gasteiger partial charge in [-0.1, -0.05) is 0 Å². The number of carboxylic acids is 1. The van der Waals surface area contributed by atoms with E-state index in [-0.39, 0.29) is 17.1 Å². The van der Waals surface area contributed by atoms with Gasteiger partial charge in [0.15, 0.2) is 0 Å². The number of aromatic nitrogens is 1. The molecule has 0 bridgehead atoms. The summed E-state index contributed by atoms with van der Waals surface area (Å²) in [7, 11) is 0. The Kier molecular flexibility index (Phi) is 3.03. The minimum atomic E-state index is -2.85. The maximum atomic E-state index is 12.5. The van der Waals surface area contributed by atoms with Crippen LogP contribution in [0.15, 0.2) is 6.20 Å². The molecule has 0 atom stereocenters. The normalized spacial score (nSPS) is 10.6. The van der Waals surface area contributed by atoms with Crippen molar-refractivity contribution in [3.63, 3.8) is 0 Å². The van der Waals surface area contributed by atoms with Crippen molar-refractivity contribution in [2.24, 2.45) is 0 Å². The van der Waals surface area contributed by atoms with Gasteiger partial charge in [0.2, 0.25) is 0 Å². The van der Waals surface area contributed by atoms with Crippen LogP contribution in [-0.2, 0) is 11.2 Å². The van der Waals surface area contributed by atoms with E-state index in [1.54, 1.807) is 0 Å². The van der Waals surface area contributed by atoms with Gasteiger partial charge in [-0.3, -0.25) is 9.78 Å². The highest BCUT2D eigenvalue weighted by atomic mass is 19.3. The van der Waals surface area contributed by atoms with Gasteiger partial charge in [-0.2, -0.15) is 0 Å². The second-order valence-corrected chi connectivity index (χ2v) is 2.86. The summed E-state index contributed by atoms with van der Waals surface area (Å²) in [6.07, 6.45) is -2.37. The van der Waals surface area contributed by atoms with E-state index in [2.05, 4.69) is 4.98 Å². The third-order valence-corrected chi connectivity index (χ3v) is 1.81. The van der Waals surface area contributed by atoms with Crippen molar-refractivity contribution in [3.8, 4) is 0 Å². The van der Waals surface area contributed by atoms with Crippen LogP contribution in [0.3, 0.4) is 0 Å². The molecule has 1 rings (SSSR count). The van der Waals surface area contributed by atoms with Gasteiger partial charge in [0.05, 0.1) is 35.2 Å². The van der Waals surface area contributed by atoms with Crippen molar-refractivity contribution in [2.45, 2.75) is 12.8 Å². The molecular weight excluding hydrogens is 208 g/mol. The number of rotatable bonds is 3. The first kappa shape index (κ1) is 11.2. The summed E-state index contributed by atoms with van der Waals surface area (Å²) in [6.45, 7) is 0. The van der Waals surface area contributed by atoms with Crippen molar-refractivity contribution < 1.29 is 18.7 Å². The monoisotopic (exact) mass is 217 g/mol. The van der Waals surface area contributed by atoms with Crippen LogP contribution in [0.2, 0.25) is 0 Å². The first-order chi connectivity index (χ1) is 6.93. The zero-order valence-corrected chi connectivity index (χ0v) is 7.58. The first-order valence-electron chi connectivity index (χ1n) is 3.96. The topological polar surface area (TPSA) is 102 Å². The van der Waals surface area contributed by atoms with Crippen molar-refractivity contribution in [1.82, 2.24) is 4.98 Å². The molecule has 0 aliphatic heterocycles. The van der Waals surface area contributed by atoms with E-state index in [1.165, 1.54) is 0 Å². The van der Waals surface area contributed by atoms with Crippen LogP contribution in [0.25, 0.3) is 0 Å². The van der Waals surface area contributed by atoms with Crippen molar-refractivity contribution in [2.75, 3.05) is 11.5 Å². The number of alkyl halides is 2. The van der Waals surface area contributed by atoms with Crippen LogP contribution < -0.4 is 11.5 Å². The maximum absolute atomic E-state index is 12.5. The van der Waals surface area contributed by atoms with E-state index < -0.39 is 24.4 Å². The Balaban J connectivity index is 3.22. The third-order valence-electron chi connectivity index (χ3n) is 1.81. The van der Waals surface area contributed by atoms with E-state index in [1.807, 2.05) is 0 Å². The van der Waals surface area contributed by atoms with Crippen LogP contribution in [-0.4, -0.2) is 16.1 Å². The minimum absolute atomic E-state index is 0.105. The van der Waals surface area contributed by atoms with E-state index in [0.29, 0.717) is 0 Å². The number of pyridine rings is 1. The lowest BCUT2D eigenvalue weighted by atomic mass is 10.1. The summed E-state index contributed by atoms with van der Waals surface area (Å²) in [5, 5.41) is 8.48. The lowest BCUT2D eigenvalue weighted by molar-refractivity contribution is -0.136. The molecule has 0 aromatic carbocycles. The molecule has 5 N–H and O–H groups in total. The van der Waals surface area contributed by atoms with E-state index in [0.717, 1.165) is 6.20 Å². The largest absolute Gasteiger partial charge is 0.481 e. The summed E-state index contributed by atoms with van der Waals surface area (Å²) >= 11 is 0. The van der Waals surface area contributed by atoms with Crippen LogP contribution in [0.5, 0.6) is 0 Å². The van der Waals surface area contributed by atoms with Gasteiger partial charge in [-0.25, -0.2) is 8.78 Å². The predicted molar refractivity (Wildman–Crippen MR) is 49.4 cm³/mol. The number of nitrogen functional groups attached to an aromatic ring is 2. The predicted octanol–water partition coefficient (Wildman–Crippen LogP) is 0.811. The summed E-state index contributed by atoms with van der Waals surface area (Å²) in [5.74, 6) is -1.20. The molecule has 0 aliphatic rings. The number of nitrogens with zero attached hydrogens (tertiary/aromatic N) is 1. The van der Waals surface area contributed by atoms with Crippen LogP contribution in [0, 0.1) is 0 Å². The maximum Gasteiger partial charge on any atom is 0.309 e. The Labute approximate surface area is 83.7 Å². The standard InChI is InChI=1S/C8H9F2N3O2/c9-8(10)6-3(11)2-13-4(7(6)12)1-5(14)15/h2,8H,1,11-12H2,(H,14,15). The molecular formula is C8H9F2N3O2. The zero-order valence-electron chi connectivity index (χ0n) is 7.58. The number of carbonyl (C=O) groups is 1. The molecule has 15 heavy (non-hydrogen) atoms. The lowest BCUT2D eigenvalue weighted by Crippen LogP contribution is -2.10. The Morgan fingerprint density at radius 2 is 2.13 bits per heavy atom. The average Bonchev–Trinajstić information content (AvgIpc) is 2.09. The highest BCUT2D eigenvalue weighted by Gasteiger charge is 2.19.